The molecule has 84 valence electrons. The summed E-state index contributed by atoms with van der Waals surface area (Å²) < 4.78 is 5.15. The number of ether oxygens (including phenoxy) is 1. The van der Waals surface area contributed by atoms with Gasteiger partial charge in [0.2, 0.25) is 0 Å². The molecule has 16 heavy (non-hydrogen) atoms. The molecule has 0 fully saturated rings. The lowest BCUT2D eigenvalue weighted by molar-refractivity contribution is -0.117. The fourth-order valence-electron chi connectivity index (χ4n) is 0.870. The maximum absolute atomic E-state index is 11.2. The molecule has 0 spiro atoms. The number of carbonyl (C=O) groups excluding carboxylic acids is 1. The lowest BCUT2D eigenvalue weighted by atomic mass is 10.1. The van der Waals surface area contributed by atoms with Crippen molar-refractivity contribution in [2.75, 3.05) is 13.2 Å². The molecule has 1 atom stereocenters. The van der Waals surface area contributed by atoms with Crippen molar-refractivity contribution in [3.05, 3.63) is 0 Å². The van der Waals surface area contributed by atoms with Gasteiger partial charge in [0, 0.05) is 0 Å². The average Bonchev–Trinajstić information content (AvgIpc) is 2.25. The third kappa shape index (κ3) is 5.70. The number of nitrogens with one attached hydrogen (secondary N) is 1. The fraction of sp³-hybridized carbons (Fsp3) is 0.500. The summed E-state index contributed by atoms with van der Waals surface area (Å²) in [7, 11) is 0. The Bertz CT molecular complexity index is 401. The van der Waals surface area contributed by atoms with Gasteiger partial charge in [0.25, 0.3) is 5.91 Å². The second-order valence-corrected chi connectivity index (χ2v) is 3.19. The summed E-state index contributed by atoms with van der Waals surface area (Å²) in [6, 6.07) is 1.97. The van der Waals surface area contributed by atoms with Crippen molar-refractivity contribution in [3.63, 3.8) is 0 Å². The van der Waals surface area contributed by atoms with Gasteiger partial charge >= 0.3 is 0 Å². The van der Waals surface area contributed by atoms with E-state index in [9.17, 15) is 4.79 Å². The maximum Gasteiger partial charge on any atom is 0.297 e. The molecule has 0 heterocycles. The highest BCUT2D eigenvalue weighted by atomic mass is 16.5. The van der Waals surface area contributed by atoms with Crippen molar-refractivity contribution < 1.29 is 9.53 Å². The van der Waals surface area contributed by atoms with Crippen LogP contribution in [-0.2, 0) is 9.53 Å². The molecule has 1 N–H and O–H groups in total. The summed E-state index contributed by atoms with van der Waals surface area (Å²) in [5.41, 5.74) is -1.07. The first kappa shape index (κ1) is 14.0. The Hall–Kier alpha value is -1.96. The number of amides is 1. The quantitative estimate of drug-likeness (QED) is 0.550. The standard InChI is InChI=1S/C12H14N2O2/c1-4-6-8-16-10-12(3,9-13)14-11(15)7-5-2/h8,10H2,1-3H3,(H,14,15). The maximum atomic E-state index is 11.2. The van der Waals surface area contributed by atoms with Gasteiger partial charge in [-0.1, -0.05) is 11.8 Å². The van der Waals surface area contributed by atoms with Gasteiger partial charge in [-0.05, 0) is 26.7 Å². The Labute approximate surface area is 96.0 Å². The summed E-state index contributed by atoms with van der Waals surface area (Å²) in [5.74, 6) is 9.64. The van der Waals surface area contributed by atoms with E-state index in [4.69, 9.17) is 10.00 Å². The molecular weight excluding hydrogens is 204 g/mol. The number of nitriles is 1. The van der Waals surface area contributed by atoms with Gasteiger partial charge in [0.15, 0.2) is 0 Å². The van der Waals surface area contributed by atoms with Gasteiger partial charge in [-0.2, -0.15) is 5.26 Å². The van der Waals surface area contributed by atoms with Crippen LogP contribution in [0.1, 0.15) is 20.8 Å². The smallest absolute Gasteiger partial charge is 0.297 e. The number of rotatable bonds is 4. The minimum absolute atomic E-state index is 0.0787. The summed E-state index contributed by atoms with van der Waals surface area (Å²) >= 11 is 0. The number of carbonyl (C=O) groups is 1. The second kappa shape index (κ2) is 7.35. The molecule has 1 unspecified atom stereocenters. The Kier molecular flexibility index (Phi) is 6.45. The summed E-state index contributed by atoms with van der Waals surface area (Å²) in [6.45, 7) is 5.14. The number of hydrogen-bond acceptors (Lipinski definition) is 3. The highest BCUT2D eigenvalue weighted by Gasteiger charge is 2.25. The van der Waals surface area contributed by atoms with Crippen LogP contribution in [0, 0.1) is 35.0 Å². The van der Waals surface area contributed by atoms with Crippen LogP contribution in [0.3, 0.4) is 0 Å². The Morgan fingerprint density at radius 1 is 1.44 bits per heavy atom. The SMILES string of the molecule is CC#CCOCC(C)(C#N)NC(=O)C#CC. The van der Waals surface area contributed by atoms with E-state index in [0.29, 0.717) is 0 Å². The third-order valence-electron chi connectivity index (χ3n) is 1.62. The zero-order chi connectivity index (χ0) is 12.4. The topological polar surface area (TPSA) is 62.1 Å². The first-order chi connectivity index (χ1) is 7.58. The van der Waals surface area contributed by atoms with Crippen LogP contribution in [0.5, 0.6) is 0 Å². The summed E-state index contributed by atoms with van der Waals surface area (Å²) in [6.07, 6.45) is 0. The third-order valence-corrected chi connectivity index (χ3v) is 1.62. The molecule has 0 aliphatic carbocycles. The van der Waals surface area contributed by atoms with E-state index in [1.165, 1.54) is 0 Å². The van der Waals surface area contributed by atoms with Crippen molar-refractivity contribution in [1.29, 1.82) is 5.26 Å². The van der Waals surface area contributed by atoms with Gasteiger partial charge in [-0.3, -0.25) is 4.79 Å². The van der Waals surface area contributed by atoms with E-state index in [1.54, 1.807) is 20.8 Å². The average molecular weight is 218 g/mol. The lowest BCUT2D eigenvalue weighted by Gasteiger charge is -2.20. The van der Waals surface area contributed by atoms with E-state index < -0.39 is 11.4 Å². The highest BCUT2D eigenvalue weighted by molar-refractivity contribution is 5.94. The zero-order valence-corrected chi connectivity index (χ0v) is 9.68. The number of nitrogens with zero attached hydrogens (tertiary/aromatic N) is 1. The first-order valence-electron chi connectivity index (χ1n) is 4.71. The van der Waals surface area contributed by atoms with Crippen molar-refractivity contribution in [2.24, 2.45) is 0 Å². The molecule has 0 radical (unpaired) electrons. The normalized spacial score (nSPS) is 11.9. The van der Waals surface area contributed by atoms with Gasteiger partial charge in [0.05, 0.1) is 12.7 Å². The van der Waals surface area contributed by atoms with Crippen LogP contribution in [0.15, 0.2) is 0 Å². The summed E-state index contributed by atoms with van der Waals surface area (Å²) in [5, 5.41) is 11.4. The molecule has 0 saturated carbocycles. The molecule has 0 aromatic heterocycles. The van der Waals surface area contributed by atoms with E-state index in [1.807, 2.05) is 6.07 Å². The number of hydrogen-bond donors (Lipinski definition) is 1. The molecule has 1 amide bonds. The first-order valence-corrected chi connectivity index (χ1v) is 4.71. The molecule has 0 aromatic rings. The predicted octanol–water partition coefficient (Wildman–Crippen LogP) is 0.448. The van der Waals surface area contributed by atoms with E-state index in [0.717, 1.165) is 0 Å². The van der Waals surface area contributed by atoms with E-state index >= 15 is 0 Å². The highest BCUT2D eigenvalue weighted by Crippen LogP contribution is 2.02. The monoisotopic (exact) mass is 218 g/mol. The minimum Gasteiger partial charge on any atom is -0.365 e. The Morgan fingerprint density at radius 2 is 2.12 bits per heavy atom. The van der Waals surface area contributed by atoms with Crippen molar-refractivity contribution >= 4 is 5.91 Å². The van der Waals surface area contributed by atoms with Gasteiger partial charge in [0.1, 0.15) is 12.1 Å². The summed E-state index contributed by atoms with van der Waals surface area (Å²) in [4.78, 5) is 11.2. The molecule has 0 bridgehead atoms. The second-order valence-electron chi connectivity index (χ2n) is 3.19. The molecule has 0 aromatic carbocycles. The molecule has 0 saturated heterocycles. The molecule has 0 rings (SSSR count). The van der Waals surface area contributed by atoms with Gasteiger partial charge < -0.3 is 10.1 Å². The van der Waals surface area contributed by atoms with Crippen LogP contribution in [-0.4, -0.2) is 24.7 Å². The Balaban J connectivity index is 4.28. The minimum atomic E-state index is -1.07. The molecular formula is C12H14N2O2. The lowest BCUT2D eigenvalue weighted by Crippen LogP contribution is -2.48. The van der Waals surface area contributed by atoms with Crippen LogP contribution in [0.2, 0.25) is 0 Å². The van der Waals surface area contributed by atoms with Gasteiger partial charge in [-0.15, -0.1) is 5.92 Å². The van der Waals surface area contributed by atoms with Crippen molar-refractivity contribution in [1.82, 2.24) is 5.32 Å². The van der Waals surface area contributed by atoms with Gasteiger partial charge in [-0.25, -0.2) is 0 Å². The van der Waals surface area contributed by atoms with E-state index in [-0.39, 0.29) is 13.2 Å². The van der Waals surface area contributed by atoms with Crippen molar-refractivity contribution in [2.45, 2.75) is 26.3 Å². The zero-order valence-electron chi connectivity index (χ0n) is 9.68. The molecule has 0 aliphatic rings. The molecule has 0 aliphatic heterocycles. The van der Waals surface area contributed by atoms with Crippen molar-refractivity contribution in [3.8, 4) is 29.8 Å². The van der Waals surface area contributed by atoms with Crippen LogP contribution >= 0.6 is 0 Å². The fourth-order valence-corrected chi connectivity index (χ4v) is 0.870. The predicted molar refractivity (Wildman–Crippen MR) is 59.9 cm³/mol. The van der Waals surface area contributed by atoms with E-state index in [2.05, 4.69) is 29.0 Å². The Morgan fingerprint density at radius 3 is 2.62 bits per heavy atom. The molecule has 4 nitrogen and oxygen atoms in total. The largest absolute Gasteiger partial charge is 0.365 e. The van der Waals surface area contributed by atoms with Crippen LogP contribution < -0.4 is 5.32 Å². The van der Waals surface area contributed by atoms with Crippen LogP contribution in [0.4, 0.5) is 0 Å². The van der Waals surface area contributed by atoms with Crippen LogP contribution in [0.25, 0.3) is 0 Å². The molecule has 4 heteroatoms.